The van der Waals surface area contributed by atoms with Crippen LogP contribution in [0.5, 0.6) is 0 Å². The number of halogens is 2. The molecule has 1 saturated heterocycles. The van der Waals surface area contributed by atoms with E-state index in [2.05, 4.69) is 41.8 Å². The van der Waals surface area contributed by atoms with Gasteiger partial charge >= 0.3 is 5.97 Å². The highest BCUT2D eigenvalue weighted by Crippen LogP contribution is 2.45. The van der Waals surface area contributed by atoms with Gasteiger partial charge in [0.2, 0.25) is 0 Å². The number of ether oxygens (including phenoxy) is 1. The highest BCUT2D eigenvalue weighted by Gasteiger charge is 2.36. The molecule has 1 aromatic heterocycles. The zero-order valence-electron chi connectivity index (χ0n) is 27.1. The number of hydrogen-bond donors (Lipinski definition) is 1. The monoisotopic (exact) mass is 605 g/mol. The number of carbonyl (C=O) groups is 1. The Bertz CT molecular complexity index is 1550. The number of hydrogen-bond acceptors (Lipinski definition) is 5. The van der Waals surface area contributed by atoms with E-state index in [9.17, 15) is 18.7 Å². The number of carboxylic acid groups (broad SMARTS) is 1. The standard InChI is InChI=1S/C36H45F2N3O3/c1-22-30(25-8-9-26-20-40(15-12-24(26)18-25)21-27-10-11-28(37)19-29(27)38)32(41-16-13-36(6,7)14-17-41)31(23(2)39-22)33(34(42)43)44-35(3,4)5/h8-11,18-19,33H,12-17,20-21H2,1-7H3,(H,42,43)/t33-/m0/s1. The Morgan fingerprint density at radius 2 is 1.73 bits per heavy atom. The third-order valence-corrected chi connectivity index (χ3v) is 8.97. The fraction of sp³-hybridized carbons (Fsp3) is 0.500. The smallest absolute Gasteiger partial charge is 0.337 e. The Morgan fingerprint density at radius 3 is 2.36 bits per heavy atom. The van der Waals surface area contributed by atoms with Crippen LogP contribution in [0.15, 0.2) is 36.4 Å². The topological polar surface area (TPSA) is 65.9 Å². The number of benzene rings is 2. The second kappa shape index (κ2) is 12.2. The van der Waals surface area contributed by atoms with Gasteiger partial charge < -0.3 is 14.7 Å². The molecular formula is C36H45F2N3O3. The van der Waals surface area contributed by atoms with Gasteiger partial charge in [-0.05, 0) is 82.1 Å². The summed E-state index contributed by atoms with van der Waals surface area (Å²) in [7, 11) is 0. The molecule has 6 nitrogen and oxygen atoms in total. The maximum atomic E-state index is 14.3. The molecule has 236 valence electrons. The minimum Gasteiger partial charge on any atom is -0.479 e. The summed E-state index contributed by atoms with van der Waals surface area (Å²) in [6.45, 7) is 17.6. The van der Waals surface area contributed by atoms with Crippen LogP contribution in [0, 0.1) is 30.9 Å². The lowest BCUT2D eigenvalue weighted by atomic mass is 9.81. The van der Waals surface area contributed by atoms with Crippen LogP contribution in [-0.4, -0.2) is 46.2 Å². The van der Waals surface area contributed by atoms with Gasteiger partial charge in [0.25, 0.3) is 0 Å². The Balaban J connectivity index is 1.56. The molecule has 2 aliphatic heterocycles. The lowest BCUT2D eigenvalue weighted by Gasteiger charge is -2.41. The van der Waals surface area contributed by atoms with Crippen LogP contribution in [0.2, 0.25) is 0 Å². The zero-order valence-corrected chi connectivity index (χ0v) is 27.1. The third-order valence-electron chi connectivity index (χ3n) is 8.97. The number of fused-ring (bicyclic) bond motifs is 1. The van der Waals surface area contributed by atoms with Crippen molar-refractivity contribution in [2.75, 3.05) is 24.5 Å². The highest BCUT2D eigenvalue weighted by atomic mass is 19.1. The predicted octanol–water partition coefficient (Wildman–Crippen LogP) is 7.77. The van der Waals surface area contributed by atoms with Crippen LogP contribution in [0.3, 0.4) is 0 Å². The second-order valence-corrected chi connectivity index (χ2v) is 14.2. The zero-order chi connectivity index (χ0) is 32.0. The van der Waals surface area contributed by atoms with Crippen LogP contribution in [0.4, 0.5) is 14.5 Å². The van der Waals surface area contributed by atoms with E-state index in [0.29, 0.717) is 29.9 Å². The molecule has 0 saturated carbocycles. The van der Waals surface area contributed by atoms with Crippen molar-refractivity contribution in [1.82, 2.24) is 9.88 Å². The molecule has 1 atom stereocenters. The van der Waals surface area contributed by atoms with Crippen LogP contribution < -0.4 is 4.90 Å². The van der Waals surface area contributed by atoms with Crippen molar-refractivity contribution < 1.29 is 23.4 Å². The summed E-state index contributed by atoms with van der Waals surface area (Å²) in [4.78, 5) is 22.2. The first-order valence-electron chi connectivity index (χ1n) is 15.6. The number of carboxylic acids is 1. The molecule has 8 heteroatoms. The van der Waals surface area contributed by atoms with Crippen molar-refractivity contribution >= 4 is 11.7 Å². The summed E-state index contributed by atoms with van der Waals surface area (Å²) < 4.78 is 34.0. The average molecular weight is 606 g/mol. The van der Waals surface area contributed by atoms with Crippen LogP contribution in [-0.2, 0) is 29.0 Å². The van der Waals surface area contributed by atoms with E-state index in [0.717, 1.165) is 67.5 Å². The Hall–Kier alpha value is -3.36. The van der Waals surface area contributed by atoms with E-state index in [1.54, 1.807) is 0 Å². The quantitative estimate of drug-likeness (QED) is 0.297. The number of rotatable bonds is 7. The molecule has 2 aliphatic rings. The van der Waals surface area contributed by atoms with Crippen molar-refractivity contribution in [2.45, 2.75) is 92.5 Å². The average Bonchev–Trinajstić information content (AvgIpc) is 2.92. The number of aliphatic carboxylic acids is 1. The second-order valence-electron chi connectivity index (χ2n) is 14.2. The van der Waals surface area contributed by atoms with Crippen LogP contribution >= 0.6 is 0 Å². The van der Waals surface area contributed by atoms with E-state index in [1.807, 2.05) is 34.6 Å². The maximum absolute atomic E-state index is 14.3. The molecule has 0 radical (unpaired) electrons. The predicted molar refractivity (Wildman–Crippen MR) is 170 cm³/mol. The fourth-order valence-electron chi connectivity index (χ4n) is 6.55. The number of aromatic nitrogens is 1. The van der Waals surface area contributed by atoms with Gasteiger partial charge in [-0.25, -0.2) is 13.6 Å². The molecule has 44 heavy (non-hydrogen) atoms. The first-order valence-corrected chi connectivity index (χ1v) is 15.6. The lowest BCUT2D eigenvalue weighted by molar-refractivity contribution is -0.160. The van der Waals surface area contributed by atoms with Crippen molar-refractivity contribution in [3.63, 3.8) is 0 Å². The summed E-state index contributed by atoms with van der Waals surface area (Å²) in [6.07, 6.45) is 1.62. The van der Waals surface area contributed by atoms with Crippen molar-refractivity contribution in [1.29, 1.82) is 0 Å². The summed E-state index contributed by atoms with van der Waals surface area (Å²) in [5.74, 6) is -2.12. The molecule has 3 aromatic rings. The van der Waals surface area contributed by atoms with Gasteiger partial charge in [-0.1, -0.05) is 38.1 Å². The van der Waals surface area contributed by atoms with Gasteiger partial charge in [0.15, 0.2) is 6.10 Å². The number of nitrogens with zero attached hydrogens (tertiary/aromatic N) is 3. The molecule has 0 amide bonds. The summed E-state index contributed by atoms with van der Waals surface area (Å²) >= 11 is 0. The first-order chi connectivity index (χ1) is 20.6. The van der Waals surface area contributed by atoms with Gasteiger partial charge in [-0.15, -0.1) is 0 Å². The summed E-state index contributed by atoms with van der Waals surface area (Å²) in [5.41, 5.74) is 7.43. The summed E-state index contributed by atoms with van der Waals surface area (Å²) in [6, 6.07) is 10.2. The molecule has 3 heterocycles. The van der Waals surface area contributed by atoms with Crippen LogP contribution in [0.25, 0.3) is 11.1 Å². The molecule has 1 fully saturated rings. The molecule has 0 bridgehead atoms. The van der Waals surface area contributed by atoms with E-state index in [-0.39, 0.29) is 5.41 Å². The molecule has 0 unspecified atom stereocenters. The van der Waals surface area contributed by atoms with Crippen LogP contribution in [0.1, 0.15) is 87.2 Å². The van der Waals surface area contributed by atoms with E-state index in [4.69, 9.17) is 9.72 Å². The number of anilines is 1. The van der Waals surface area contributed by atoms with Crippen molar-refractivity contribution in [3.05, 3.63) is 81.7 Å². The van der Waals surface area contributed by atoms with Gasteiger partial charge in [0.1, 0.15) is 11.6 Å². The Labute approximate surface area is 260 Å². The molecule has 0 aliphatic carbocycles. The fourth-order valence-corrected chi connectivity index (χ4v) is 6.55. The molecule has 0 spiro atoms. The van der Waals surface area contributed by atoms with Gasteiger partial charge in [0.05, 0.1) is 11.3 Å². The van der Waals surface area contributed by atoms with Gasteiger partial charge in [0, 0.05) is 66.9 Å². The van der Waals surface area contributed by atoms with E-state index in [1.165, 1.54) is 23.3 Å². The first kappa shape index (κ1) is 32.0. The van der Waals surface area contributed by atoms with Gasteiger partial charge in [-0.3, -0.25) is 9.88 Å². The molecule has 5 rings (SSSR count). The third kappa shape index (κ3) is 6.97. The summed E-state index contributed by atoms with van der Waals surface area (Å²) in [5, 5.41) is 10.5. The van der Waals surface area contributed by atoms with E-state index >= 15 is 0 Å². The minimum atomic E-state index is -1.16. The SMILES string of the molecule is Cc1nc(C)c([C@H](OC(C)(C)C)C(=O)O)c(N2CCC(C)(C)CC2)c1-c1ccc2c(c1)CCN(Cc1ccc(F)cc1F)C2. The maximum Gasteiger partial charge on any atom is 0.337 e. The number of piperidine rings is 1. The molecular weight excluding hydrogens is 560 g/mol. The normalized spacial score (nSPS) is 17.8. The van der Waals surface area contributed by atoms with Crippen molar-refractivity contribution in [2.24, 2.45) is 5.41 Å². The Morgan fingerprint density at radius 1 is 1.02 bits per heavy atom. The van der Waals surface area contributed by atoms with E-state index < -0.39 is 29.3 Å². The number of aryl methyl sites for hydroxylation is 2. The molecule has 1 N–H and O–H groups in total. The minimum absolute atomic E-state index is 0.219. The lowest BCUT2D eigenvalue weighted by Crippen LogP contribution is -2.39. The number of pyridine rings is 1. The largest absolute Gasteiger partial charge is 0.479 e. The Kier molecular flexibility index (Phi) is 8.89. The molecule has 2 aromatic carbocycles. The van der Waals surface area contributed by atoms with Gasteiger partial charge in [-0.2, -0.15) is 0 Å². The highest BCUT2D eigenvalue weighted by molar-refractivity contribution is 5.88. The van der Waals surface area contributed by atoms with Crippen molar-refractivity contribution in [3.8, 4) is 11.1 Å².